The predicted molar refractivity (Wildman–Crippen MR) is 63.3 cm³/mol. The summed E-state index contributed by atoms with van der Waals surface area (Å²) in [5, 5.41) is 9.31. The van der Waals surface area contributed by atoms with Gasteiger partial charge in [0.2, 0.25) is 11.9 Å². The van der Waals surface area contributed by atoms with Crippen LogP contribution in [0.3, 0.4) is 0 Å². The fraction of sp³-hybridized carbons (Fsp3) is 0.417. The molecule has 18 heavy (non-hydrogen) atoms. The molecule has 1 aromatic rings. The first-order valence-corrected chi connectivity index (χ1v) is 5.78. The third kappa shape index (κ3) is 1.76. The summed E-state index contributed by atoms with van der Waals surface area (Å²) >= 11 is 5.75. The fourth-order valence-corrected chi connectivity index (χ4v) is 2.37. The Morgan fingerprint density at radius 1 is 1.61 bits per heavy atom. The number of phenols is 1. The van der Waals surface area contributed by atoms with Gasteiger partial charge in [0.25, 0.3) is 0 Å². The lowest BCUT2D eigenvalue weighted by Crippen LogP contribution is -2.32. The van der Waals surface area contributed by atoms with Crippen molar-refractivity contribution < 1.29 is 19.0 Å². The number of aromatic hydroxyl groups is 1. The molecule has 0 amide bonds. The van der Waals surface area contributed by atoms with Crippen molar-refractivity contribution in [2.75, 3.05) is 7.11 Å². The summed E-state index contributed by atoms with van der Waals surface area (Å²) in [6.07, 6.45) is 3.57. The highest BCUT2D eigenvalue weighted by molar-refractivity contribution is 6.32. The molecule has 1 N–H and O–H groups in total. The molecular formula is C12H11ClFNO3. The summed E-state index contributed by atoms with van der Waals surface area (Å²) in [5.41, 5.74) is -0.453. The maximum absolute atomic E-state index is 13.9. The van der Waals surface area contributed by atoms with E-state index in [2.05, 4.69) is 4.99 Å². The predicted octanol–water partition coefficient (Wildman–Crippen LogP) is 2.91. The molecule has 2 rings (SSSR count). The number of methoxy groups -OCH3 is 1. The minimum absolute atomic E-state index is 0.129. The Morgan fingerprint density at radius 2 is 2.28 bits per heavy atom. The zero-order chi connectivity index (χ0) is 13.3. The Labute approximate surface area is 108 Å². The summed E-state index contributed by atoms with van der Waals surface area (Å²) in [6.45, 7) is 0. The second-order valence-corrected chi connectivity index (χ2v) is 4.60. The monoisotopic (exact) mass is 271 g/mol. The first-order chi connectivity index (χ1) is 8.55. The lowest BCUT2D eigenvalue weighted by Gasteiger charge is -2.38. The van der Waals surface area contributed by atoms with Crippen molar-refractivity contribution >= 4 is 17.7 Å². The Balaban J connectivity index is 2.67. The molecule has 6 heteroatoms. The molecule has 1 aromatic carbocycles. The number of phenolic OH excluding ortho intramolecular Hbond substituents is 1. The minimum Gasteiger partial charge on any atom is -0.504 e. The van der Waals surface area contributed by atoms with Crippen molar-refractivity contribution in [2.45, 2.75) is 24.8 Å². The summed E-state index contributed by atoms with van der Waals surface area (Å²) in [6, 6.07) is 1.39. The second kappa shape index (κ2) is 4.59. The molecule has 1 aliphatic carbocycles. The topological polar surface area (TPSA) is 58.9 Å². The van der Waals surface area contributed by atoms with Crippen LogP contribution in [-0.2, 0) is 10.3 Å². The van der Waals surface area contributed by atoms with Crippen molar-refractivity contribution in [1.82, 2.24) is 0 Å². The van der Waals surface area contributed by atoms with E-state index >= 15 is 0 Å². The SMILES string of the molecule is COc1c(C2(N=C=O)CCC2)cc(Cl)c(O)c1F. The maximum Gasteiger partial charge on any atom is 0.235 e. The largest absolute Gasteiger partial charge is 0.504 e. The van der Waals surface area contributed by atoms with Crippen LogP contribution >= 0.6 is 11.6 Å². The normalized spacial score (nSPS) is 16.6. The molecule has 0 unspecified atom stereocenters. The molecule has 1 fully saturated rings. The van der Waals surface area contributed by atoms with Crippen LogP contribution in [0.1, 0.15) is 24.8 Å². The lowest BCUT2D eigenvalue weighted by atomic mass is 9.72. The van der Waals surface area contributed by atoms with Crippen LogP contribution < -0.4 is 4.74 Å². The summed E-state index contributed by atoms with van der Waals surface area (Å²) in [5.74, 6) is -1.73. The van der Waals surface area contributed by atoms with Crippen LogP contribution in [-0.4, -0.2) is 18.3 Å². The van der Waals surface area contributed by atoms with E-state index < -0.39 is 17.1 Å². The number of carbonyl (C=O) groups excluding carboxylic acids is 1. The molecule has 0 atom stereocenters. The zero-order valence-electron chi connectivity index (χ0n) is 9.67. The molecule has 4 nitrogen and oxygen atoms in total. The van der Waals surface area contributed by atoms with Gasteiger partial charge in [-0.05, 0) is 25.3 Å². The molecule has 1 saturated carbocycles. The number of hydrogen-bond donors (Lipinski definition) is 1. The maximum atomic E-state index is 13.9. The Bertz CT molecular complexity index is 537. The van der Waals surface area contributed by atoms with Crippen molar-refractivity contribution in [3.8, 4) is 11.5 Å². The number of benzene rings is 1. The van der Waals surface area contributed by atoms with Crippen molar-refractivity contribution in [3.05, 3.63) is 22.5 Å². The quantitative estimate of drug-likeness (QED) is 0.679. The van der Waals surface area contributed by atoms with Crippen molar-refractivity contribution in [2.24, 2.45) is 4.99 Å². The van der Waals surface area contributed by atoms with Crippen molar-refractivity contribution in [3.63, 3.8) is 0 Å². The number of ether oxygens (including phenoxy) is 1. The number of aliphatic imine (C=N–C) groups is 1. The van der Waals surface area contributed by atoms with Gasteiger partial charge in [-0.3, -0.25) is 0 Å². The van der Waals surface area contributed by atoms with Gasteiger partial charge in [-0.1, -0.05) is 11.6 Å². The van der Waals surface area contributed by atoms with E-state index in [9.17, 15) is 14.3 Å². The number of hydrogen-bond acceptors (Lipinski definition) is 4. The van der Waals surface area contributed by atoms with Crippen LogP contribution in [0.5, 0.6) is 11.5 Å². The van der Waals surface area contributed by atoms with E-state index in [-0.39, 0.29) is 10.8 Å². The highest BCUT2D eigenvalue weighted by Crippen LogP contribution is 2.51. The summed E-state index contributed by atoms with van der Waals surface area (Å²) in [4.78, 5) is 14.3. The first kappa shape index (κ1) is 12.9. The summed E-state index contributed by atoms with van der Waals surface area (Å²) < 4.78 is 18.8. The van der Waals surface area contributed by atoms with Crippen LogP contribution in [0, 0.1) is 5.82 Å². The molecule has 96 valence electrons. The average Bonchev–Trinajstić information content (AvgIpc) is 2.30. The number of nitrogens with zero attached hydrogens (tertiary/aromatic N) is 1. The Hall–Kier alpha value is -1.58. The van der Waals surface area contributed by atoms with Gasteiger partial charge >= 0.3 is 0 Å². The van der Waals surface area contributed by atoms with Crippen LogP contribution in [0.15, 0.2) is 11.1 Å². The van der Waals surface area contributed by atoms with E-state index in [1.807, 2.05) is 0 Å². The molecule has 0 spiro atoms. The minimum atomic E-state index is -0.938. The van der Waals surface area contributed by atoms with E-state index in [1.165, 1.54) is 19.3 Å². The average molecular weight is 272 g/mol. The Morgan fingerprint density at radius 3 is 2.72 bits per heavy atom. The Kier molecular flexibility index (Phi) is 3.28. The van der Waals surface area contributed by atoms with Crippen LogP contribution in [0.25, 0.3) is 0 Å². The van der Waals surface area contributed by atoms with Gasteiger partial charge < -0.3 is 9.84 Å². The molecule has 0 saturated heterocycles. The van der Waals surface area contributed by atoms with E-state index in [1.54, 1.807) is 0 Å². The van der Waals surface area contributed by atoms with Gasteiger partial charge in [-0.2, -0.15) is 9.38 Å². The van der Waals surface area contributed by atoms with E-state index in [0.717, 1.165) is 6.42 Å². The summed E-state index contributed by atoms with van der Waals surface area (Å²) in [7, 11) is 1.28. The second-order valence-electron chi connectivity index (χ2n) is 4.19. The third-order valence-electron chi connectivity index (χ3n) is 3.30. The molecule has 0 aromatic heterocycles. The molecule has 0 radical (unpaired) electrons. The lowest BCUT2D eigenvalue weighted by molar-refractivity contribution is 0.241. The van der Waals surface area contributed by atoms with E-state index in [4.69, 9.17) is 16.3 Å². The van der Waals surface area contributed by atoms with Gasteiger partial charge in [0.15, 0.2) is 11.5 Å². The molecular weight excluding hydrogens is 261 g/mol. The number of halogens is 2. The fourth-order valence-electron chi connectivity index (χ4n) is 2.18. The van der Waals surface area contributed by atoms with Crippen LogP contribution in [0.2, 0.25) is 5.02 Å². The number of isocyanates is 1. The first-order valence-electron chi connectivity index (χ1n) is 5.40. The standard InChI is InChI=1S/C12H11ClFNO3/c1-18-11-7(5-8(13)10(17)9(11)14)12(15-6-16)3-2-4-12/h5,17H,2-4H2,1H3. The van der Waals surface area contributed by atoms with Gasteiger partial charge in [0.1, 0.15) is 5.54 Å². The smallest absolute Gasteiger partial charge is 0.235 e. The molecule has 0 aliphatic heterocycles. The molecule has 0 bridgehead atoms. The highest BCUT2D eigenvalue weighted by Gasteiger charge is 2.42. The van der Waals surface area contributed by atoms with Gasteiger partial charge in [0, 0.05) is 5.56 Å². The van der Waals surface area contributed by atoms with Gasteiger partial charge in [-0.25, -0.2) is 4.79 Å². The molecule has 0 heterocycles. The third-order valence-corrected chi connectivity index (χ3v) is 3.58. The van der Waals surface area contributed by atoms with E-state index in [0.29, 0.717) is 18.4 Å². The van der Waals surface area contributed by atoms with Crippen molar-refractivity contribution in [1.29, 1.82) is 0 Å². The zero-order valence-corrected chi connectivity index (χ0v) is 10.4. The number of rotatable bonds is 3. The van der Waals surface area contributed by atoms with Gasteiger partial charge in [-0.15, -0.1) is 0 Å². The highest BCUT2D eigenvalue weighted by atomic mass is 35.5. The molecule has 1 aliphatic rings. The van der Waals surface area contributed by atoms with Gasteiger partial charge in [0.05, 0.1) is 12.1 Å². The van der Waals surface area contributed by atoms with Crippen LogP contribution in [0.4, 0.5) is 4.39 Å².